The number of nitrogens with one attached hydrogen (secondary N) is 1. The highest BCUT2D eigenvalue weighted by molar-refractivity contribution is 5.95. The smallest absolute Gasteiger partial charge is 0.270 e. The molecule has 0 spiro atoms. The van der Waals surface area contributed by atoms with Gasteiger partial charge < -0.3 is 10.2 Å². The fourth-order valence-electron chi connectivity index (χ4n) is 3.30. The molecule has 6 nitrogen and oxygen atoms in total. The molecule has 2 fully saturated rings. The molecule has 1 amide bonds. The number of carbonyl (C=O) groups excluding carboxylic acids is 1. The maximum absolute atomic E-state index is 12.6. The Labute approximate surface area is 123 Å². The van der Waals surface area contributed by atoms with Crippen molar-refractivity contribution in [3.8, 4) is 0 Å². The van der Waals surface area contributed by atoms with E-state index in [1.807, 2.05) is 4.90 Å². The second kappa shape index (κ2) is 5.44. The number of non-ortho nitro benzene ring substituents is 1. The quantitative estimate of drug-likeness (QED) is 0.666. The Balaban J connectivity index is 1.83. The van der Waals surface area contributed by atoms with Crippen molar-refractivity contribution in [2.24, 2.45) is 0 Å². The van der Waals surface area contributed by atoms with Gasteiger partial charge in [-0.15, -0.1) is 0 Å². The van der Waals surface area contributed by atoms with Crippen LogP contribution in [0.2, 0.25) is 0 Å². The van der Waals surface area contributed by atoms with Gasteiger partial charge in [-0.25, -0.2) is 0 Å². The number of hydrogen-bond donors (Lipinski definition) is 1. The number of nitro groups is 1. The van der Waals surface area contributed by atoms with E-state index in [4.69, 9.17) is 0 Å². The van der Waals surface area contributed by atoms with Gasteiger partial charge in [-0.3, -0.25) is 14.9 Å². The Morgan fingerprint density at radius 1 is 1.29 bits per heavy atom. The predicted molar refractivity (Wildman–Crippen MR) is 78.3 cm³/mol. The summed E-state index contributed by atoms with van der Waals surface area (Å²) >= 11 is 0. The van der Waals surface area contributed by atoms with Gasteiger partial charge in [0.2, 0.25) is 0 Å². The standard InChI is InChI=1S/C15H19N3O3/c1-10-6-11(8-14(7-10)18(20)21)15(19)17-5-4-12-2-3-13(9-17)16-12/h6-8,12-13,16H,2-5,9H2,1H3. The molecule has 0 saturated carbocycles. The van der Waals surface area contributed by atoms with Gasteiger partial charge in [0.15, 0.2) is 0 Å². The summed E-state index contributed by atoms with van der Waals surface area (Å²) in [6.45, 7) is 3.18. The van der Waals surface area contributed by atoms with Crippen LogP contribution in [0.3, 0.4) is 0 Å². The van der Waals surface area contributed by atoms with E-state index >= 15 is 0 Å². The minimum Gasteiger partial charge on any atom is -0.337 e. The molecule has 0 aromatic heterocycles. The number of hydrogen-bond acceptors (Lipinski definition) is 4. The summed E-state index contributed by atoms with van der Waals surface area (Å²) in [6.07, 6.45) is 3.24. The van der Waals surface area contributed by atoms with E-state index in [-0.39, 0.29) is 11.6 Å². The fraction of sp³-hybridized carbons (Fsp3) is 0.533. The number of likely N-dealkylation sites (tertiary alicyclic amines) is 1. The molecule has 2 heterocycles. The molecule has 1 N–H and O–H groups in total. The van der Waals surface area contributed by atoms with Crippen molar-refractivity contribution in [2.75, 3.05) is 13.1 Å². The van der Waals surface area contributed by atoms with E-state index in [2.05, 4.69) is 5.32 Å². The number of nitrogens with zero attached hydrogens (tertiary/aromatic N) is 2. The van der Waals surface area contributed by atoms with Crippen LogP contribution < -0.4 is 5.32 Å². The molecule has 1 aromatic rings. The summed E-state index contributed by atoms with van der Waals surface area (Å²) in [6, 6.07) is 5.47. The largest absolute Gasteiger partial charge is 0.337 e. The minimum absolute atomic E-state index is 0.0205. The molecule has 112 valence electrons. The molecule has 2 unspecified atom stereocenters. The Morgan fingerprint density at radius 2 is 2.05 bits per heavy atom. The van der Waals surface area contributed by atoms with Gasteiger partial charge in [0, 0.05) is 42.9 Å². The molecule has 2 aliphatic heterocycles. The van der Waals surface area contributed by atoms with E-state index < -0.39 is 4.92 Å². The monoisotopic (exact) mass is 289 g/mol. The van der Waals surface area contributed by atoms with E-state index in [1.165, 1.54) is 18.6 Å². The Bertz CT molecular complexity index is 588. The average molecular weight is 289 g/mol. The zero-order valence-corrected chi connectivity index (χ0v) is 12.0. The lowest BCUT2D eigenvalue weighted by Gasteiger charge is -2.24. The fourth-order valence-corrected chi connectivity index (χ4v) is 3.30. The van der Waals surface area contributed by atoms with Gasteiger partial charge in [0.1, 0.15) is 0 Å². The van der Waals surface area contributed by atoms with Crippen LogP contribution >= 0.6 is 0 Å². The van der Waals surface area contributed by atoms with Crippen molar-refractivity contribution in [3.63, 3.8) is 0 Å². The van der Waals surface area contributed by atoms with Crippen LogP contribution in [0.15, 0.2) is 18.2 Å². The third kappa shape index (κ3) is 2.90. The van der Waals surface area contributed by atoms with Gasteiger partial charge in [-0.1, -0.05) is 0 Å². The van der Waals surface area contributed by atoms with Crippen molar-refractivity contribution >= 4 is 11.6 Å². The van der Waals surface area contributed by atoms with Crippen LogP contribution in [-0.4, -0.2) is 40.9 Å². The van der Waals surface area contributed by atoms with E-state index in [0.29, 0.717) is 24.2 Å². The molecule has 0 radical (unpaired) electrons. The summed E-state index contributed by atoms with van der Waals surface area (Å²) in [4.78, 5) is 24.9. The average Bonchev–Trinajstić information content (AvgIpc) is 2.77. The van der Waals surface area contributed by atoms with Gasteiger partial charge in [0.05, 0.1) is 4.92 Å². The Morgan fingerprint density at radius 3 is 2.81 bits per heavy atom. The topological polar surface area (TPSA) is 75.5 Å². The van der Waals surface area contributed by atoms with E-state index in [9.17, 15) is 14.9 Å². The van der Waals surface area contributed by atoms with Crippen LogP contribution in [0, 0.1) is 17.0 Å². The zero-order chi connectivity index (χ0) is 15.0. The van der Waals surface area contributed by atoms with Crippen molar-refractivity contribution < 1.29 is 9.72 Å². The normalized spacial score (nSPS) is 24.7. The number of rotatable bonds is 2. The van der Waals surface area contributed by atoms with Crippen molar-refractivity contribution in [2.45, 2.75) is 38.3 Å². The van der Waals surface area contributed by atoms with Gasteiger partial charge in [0.25, 0.3) is 11.6 Å². The van der Waals surface area contributed by atoms with E-state index in [1.54, 1.807) is 13.0 Å². The lowest BCUT2D eigenvalue weighted by molar-refractivity contribution is -0.384. The number of nitro benzene ring substituents is 1. The first-order chi connectivity index (χ1) is 10.0. The molecule has 6 heteroatoms. The maximum Gasteiger partial charge on any atom is 0.270 e. The highest BCUT2D eigenvalue weighted by Gasteiger charge is 2.31. The second-order valence-electron chi connectivity index (χ2n) is 5.99. The maximum atomic E-state index is 12.6. The summed E-state index contributed by atoms with van der Waals surface area (Å²) in [5, 5.41) is 14.5. The van der Waals surface area contributed by atoms with E-state index in [0.717, 1.165) is 24.9 Å². The zero-order valence-electron chi connectivity index (χ0n) is 12.0. The molecule has 2 aliphatic rings. The van der Waals surface area contributed by atoms with Crippen LogP contribution in [0.5, 0.6) is 0 Å². The van der Waals surface area contributed by atoms with Crippen molar-refractivity contribution in [3.05, 3.63) is 39.4 Å². The van der Waals surface area contributed by atoms with Crippen molar-refractivity contribution in [1.82, 2.24) is 10.2 Å². The first-order valence-electron chi connectivity index (χ1n) is 7.34. The summed E-state index contributed by atoms with van der Waals surface area (Å²) < 4.78 is 0. The lowest BCUT2D eigenvalue weighted by atomic mass is 10.1. The molecule has 2 bridgehead atoms. The molecule has 2 atom stereocenters. The second-order valence-corrected chi connectivity index (χ2v) is 5.99. The summed E-state index contributed by atoms with van der Waals surface area (Å²) in [5.74, 6) is -0.101. The SMILES string of the molecule is Cc1cc(C(=O)N2CCC3CCC(C2)N3)cc([N+](=O)[O-])c1. The first kappa shape index (κ1) is 14.0. The molecular weight excluding hydrogens is 270 g/mol. The van der Waals surface area contributed by atoms with Gasteiger partial charge in [-0.05, 0) is 37.8 Å². The minimum atomic E-state index is -0.449. The molecule has 0 aliphatic carbocycles. The van der Waals surface area contributed by atoms with Crippen LogP contribution in [-0.2, 0) is 0 Å². The Hall–Kier alpha value is -1.95. The van der Waals surface area contributed by atoms with Gasteiger partial charge >= 0.3 is 0 Å². The predicted octanol–water partition coefficient (Wildman–Crippen LogP) is 1.87. The van der Waals surface area contributed by atoms with Crippen LogP contribution in [0.25, 0.3) is 0 Å². The number of amides is 1. The van der Waals surface area contributed by atoms with Gasteiger partial charge in [-0.2, -0.15) is 0 Å². The molecule has 1 aromatic carbocycles. The third-order valence-electron chi connectivity index (χ3n) is 4.33. The van der Waals surface area contributed by atoms with Crippen LogP contribution in [0.4, 0.5) is 5.69 Å². The number of benzene rings is 1. The highest BCUT2D eigenvalue weighted by atomic mass is 16.6. The summed E-state index contributed by atoms with van der Waals surface area (Å²) in [5.41, 5.74) is 1.13. The first-order valence-corrected chi connectivity index (χ1v) is 7.34. The molecule has 3 rings (SSSR count). The number of fused-ring (bicyclic) bond motifs is 2. The molecule has 21 heavy (non-hydrogen) atoms. The van der Waals surface area contributed by atoms with Crippen molar-refractivity contribution in [1.29, 1.82) is 0 Å². The molecular formula is C15H19N3O3. The molecule has 2 saturated heterocycles. The number of carbonyl (C=O) groups is 1. The number of aryl methyl sites for hydroxylation is 1. The van der Waals surface area contributed by atoms with Crippen LogP contribution in [0.1, 0.15) is 35.2 Å². The Kier molecular flexibility index (Phi) is 3.63. The summed E-state index contributed by atoms with van der Waals surface area (Å²) in [7, 11) is 0. The highest BCUT2D eigenvalue weighted by Crippen LogP contribution is 2.23. The lowest BCUT2D eigenvalue weighted by Crippen LogP contribution is -2.39. The third-order valence-corrected chi connectivity index (χ3v) is 4.33.